The Bertz CT molecular complexity index is 658. The van der Waals surface area contributed by atoms with E-state index in [2.05, 4.69) is 20.8 Å². The molecule has 0 N–H and O–H groups in total. The predicted octanol–water partition coefficient (Wildman–Crippen LogP) is 3.59. The van der Waals surface area contributed by atoms with Crippen molar-refractivity contribution in [3.8, 4) is 0 Å². The van der Waals surface area contributed by atoms with Gasteiger partial charge in [0, 0.05) is 17.1 Å². The summed E-state index contributed by atoms with van der Waals surface area (Å²) in [4.78, 5) is 28.9. The van der Waals surface area contributed by atoms with Gasteiger partial charge >= 0.3 is 5.91 Å². The highest BCUT2D eigenvalue weighted by molar-refractivity contribution is 9.10. The molecule has 1 aromatic carbocycles. The lowest BCUT2D eigenvalue weighted by Crippen LogP contribution is -2.52. The van der Waals surface area contributed by atoms with Crippen LogP contribution in [0.4, 0.5) is 5.69 Å². The monoisotopic (exact) mass is 376 g/mol. The number of hydrogen-bond acceptors (Lipinski definition) is 3. The lowest BCUT2D eigenvalue weighted by molar-refractivity contribution is -0.115. The molecule has 0 aromatic heterocycles. The molecule has 0 radical (unpaired) electrons. The van der Waals surface area contributed by atoms with Gasteiger partial charge in [-0.2, -0.15) is 0 Å². The Labute approximate surface area is 145 Å². The molecule has 1 saturated carbocycles. The van der Waals surface area contributed by atoms with E-state index in [-0.39, 0.29) is 11.7 Å². The van der Waals surface area contributed by atoms with E-state index in [1.165, 1.54) is 38.5 Å². The summed E-state index contributed by atoms with van der Waals surface area (Å²) < 4.78 is 0.713. The highest BCUT2D eigenvalue weighted by Crippen LogP contribution is 2.38. The zero-order chi connectivity index (χ0) is 16.0. The topological polar surface area (TPSA) is 40.6 Å². The molecule has 122 valence electrons. The third-order valence-electron chi connectivity index (χ3n) is 5.63. The van der Waals surface area contributed by atoms with Gasteiger partial charge in [0.05, 0.1) is 17.9 Å². The van der Waals surface area contributed by atoms with Gasteiger partial charge in [-0.3, -0.25) is 19.4 Å². The van der Waals surface area contributed by atoms with Gasteiger partial charge in [0.2, 0.25) is 0 Å². The minimum absolute atomic E-state index is 0.384. The van der Waals surface area contributed by atoms with Gasteiger partial charge < -0.3 is 0 Å². The third kappa shape index (κ3) is 2.54. The lowest BCUT2D eigenvalue weighted by atomic mass is 9.78. The van der Waals surface area contributed by atoms with E-state index in [1.807, 2.05) is 18.2 Å². The molecular formula is C18H21BrN2O2. The largest absolute Gasteiger partial charge is 0.300 e. The van der Waals surface area contributed by atoms with Crippen LogP contribution in [0, 0.1) is 5.92 Å². The first-order chi connectivity index (χ1) is 11.2. The summed E-state index contributed by atoms with van der Waals surface area (Å²) in [6.07, 6.45) is 7.68. The zero-order valence-corrected chi connectivity index (χ0v) is 14.7. The second kappa shape index (κ2) is 6.02. The number of benzene rings is 1. The first-order valence-corrected chi connectivity index (χ1v) is 9.35. The number of carbonyl (C=O) groups is 2. The second-order valence-corrected chi connectivity index (χ2v) is 7.76. The first-order valence-electron chi connectivity index (χ1n) is 8.55. The molecule has 2 heterocycles. The quantitative estimate of drug-likeness (QED) is 0.740. The molecule has 1 saturated heterocycles. The third-order valence-corrected chi connectivity index (χ3v) is 6.29. The van der Waals surface area contributed by atoms with Crippen molar-refractivity contribution in [1.82, 2.24) is 4.90 Å². The highest BCUT2D eigenvalue weighted by atomic mass is 79.9. The van der Waals surface area contributed by atoms with Gasteiger partial charge in [0.25, 0.3) is 5.78 Å². The summed E-state index contributed by atoms with van der Waals surface area (Å²) in [5.74, 6) is 0.00222. The second-order valence-electron chi connectivity index (χ2n) is 6.90. The number of nitrogens with zero attached hydrogens (tertiary/aromatic N) is 2. The number of piperidine rings is 1. The average Bonchev–Trinajstić information content (AvgIpc) is 2.81. The van der Waals surface area contributed by atoms with Gasteiger partial charge in [0.15, 0.2) is 0 Å². The fraction of sp³-hybridized carbons (Fsp3) is 0.556. The highest BCUT2D eigenvalue weighted by Gasteiger charge is 2.40. The smallest absolute Gasteiger partial charge is 0.291 e. The summed E-state index contributed by atoms with van der Waals surface area (Å²) in [5.41, 5.74) is 1.28. The van der Waals surface area contributed by atoms with Crippen LogP contribution < -0.4 is 4.90 Å². The van der Waals surface area contributed by atoms with Crippen molar-refractivity contribution < 1.29 is 9.59 Å². The summed E-state index contributed by atoms with van der Waals surface area (Å²) in [5, 5.41) is 0. The number of amides is 1. The fourth-order valence-electron chi connectivity index (χ4n) is 4.53. The number of carbonyl (C=O) groups excluding carboxylic acids is 2. The molecule has 23 heavy (non-hydrogen) atoms. The Morgan fingerprint density at radius 2 is 1.87 bits per heavy atom. The summed E-state index contributed by atoms with van der Waals surface area (Å²) >= 11 is 3.41. The number of halogens is 1. The standard InChI is InChI=1S/C18H21BrN2O2/c19-13-7-3-9-15-16(13)17(22)18(23)21(15)11-20-10-4-6-12-5-1-2-8-14(12)20/h3,7,9,12,14H,1-2,4-6,8,10-11H2. The molecule has 2 fully saturated rings. The van der Waals surface area contributed by atoms with Crippen LogP contribution in [0.1, 0.15) is 48.9 Å². The molecule has 1 aromatic rings. The molecule has 5 heteroatoms. The molecule has 2 aliphatic heterocycles. The van der Waals surface area contributed by atoms with Crippen LogP contribution in [-0.4, -0.2) is 35.8 Å². The minimum atomic E-state index is -0.385. The van der Waals surface area contributed by atoms with Crippen molar-refractivity contribution in [2.45, 2.75) is 44.6 Å². The summed E-state index contributed by atoms with van der Waals surface area (Å²) in [6.45, 7) is 1.58. The summed E-state index contributed by atoms with van der Waals surface area (Å²) in [6, 6.07) is 6.18. The lowest BCUT2D eigenvalue weighted by Gasteiger charge is -2.45. The van der Waals surface area contributed by atoms with E-state index < -0.39 is 0 Å². The minimum Gasteiger partial charge on any atom is -0.291 e. The Kier molecular flexibility index (Phi) is 4.01. The maximum atomic E-state index is 12.5. The Hall–Kier alpha value is -1.20. The SMILES string of the molecule is O=C1C(=O)N(CN2CCCC3CCCCC32)c2cccc(Br)c21. The molecule has 1 aliphatic carbocycles. The van der Waals surface area contributed by atoms with E-state index in [0.717, 1.165) is 18.2 Å². The van der Waals surface area contributed by atoms with Gasteiger partial charge in [-0.25, -0.2) is 0 Å². The van der Waals surface area contributed by atoms with E-state index in [4.69, 9.17) is 0 Å². The van der Waals surface area contributed by atoms with Crippen LogP contribution in [0.25, 0.3) is 0 Å². The average molecular weight is 377 g/mol. The van der Waals surface area contributed by atoms with E-state index in [1.54, 1.807) is 4.90 Å². The number of fused-ring (bicyclic) bond motifs is 2. The molecule has 0 bridgehead atoms. The van der Waals surface area contributed by atoms with Crippen molar-refractivity contribution in [3.05, 3.63) is 28.2 Å². The van der Waals surface area contributed by atoms with Crippen LogP contribution >= 0.6 is 15.9 Å². The number of hydrogen-bond donors (Lipinski definition) is 0. The van der Waals surface area contributed by atoms with Crippen molar-refractivity contribution >= 4 is 33.3 Å². The van der Waals surface area contributed by atoms with Crippen LogP contribution in [0.15, 0.2) is 22.7 Å². The van der Waals surface area contributed by atoms with Crippen LogP contribution in [0.5, 0.6) is 0 Å². The molecule has 1 amide bonds. The Morgan fingerprint density at radius 1 is 1.09 bits per heavy atom. The predicted molar refractivity (Wildman–Crippen MR) is 92.5 cm³/mol. The molecule has 2 unspecified atom stereocenters. The Balaban J connectivity index is 1.60. The van der Waals surface area contributed by atoms with Crippen molar-refractivity contribution in [2.24, 2.45) is 5.92 Å². The van der Waals surface area contributed by atoms with Crippen molar-refractivity contribution in [3.63, 3.8) is 0 Å². The van der Waals surface area contributed by atoms with Crippen LogP contribution in [0.3, 0.4) is 0 Å². The number of ketones is 1. The molecular weight excluding hydrogens is 356 g/mol. The summed E-state index contributed by atoms with van der Waals surface area (Å²) in [7, 11) is 0. The van der Waals surface area contributed by atoms with Crippen molar-refractivity contribution in [2.75, 3.05) is 18.1 Å². The van der Waals surface area contributed by atoms with E-state index >= 15 is 0 Å². The van der Waals surface area contributed by atoms with Gasteiger partial charge in [0.1, 0.15) is 0 Å². The van der Waals surface area contributed by atoms with Gasteiger partial charge in [-0.15, -0.1) is 0 Å². The number of likely N-dealkylation sites (tertiary alicyclic amines) is 1. The molecule has 2 atom stereocenters. The van der Waals surface area contributed by atoms with E-state index in [9.17, 15) is 9.59 Å². The Morgan fingerprint density at radius 3 is 2.74 bits per heavy atom. The maximum Gasteiger partial charge on any atom is 0.300 e. The number of Topliss-reactive ketones (excluding diaryl/α,β-unsaturated/α-hetero) is 1. The molecule has 4 rings (SSSR count). The maximum absolute atomic E-state index is 12.5. The zero-order valence-electron chi connectivity index (χ0n) is 13.1. The number of rotatable bonds is 2. The van der Waals surface area contributed by atoms with Gasteiger partial charge in [-0.1, -0.05) is 18.9 Å². The van der Waals surface area contributed by atoms with Crippen LogP contribution in [0.2, 0.25) is 0 Å². The fourth-order valence-corrected chi connectivity index (χ4v) is 5.06. The molecule has 0 spiro atoms. The van der Waals surface area contributed by atoms with Crippen molar-refractivity contribution in [1.29, 1.82) is 0 Å². The first kappa shape index (κ1) is 15.3. The van der Waals surface area contributed by atoms with Gasteiger partial charge in [-0.05, 0) is 59.7 Å². The molecule has 4 nitrogen and oxygen atoms in total. The van der Waals surface area contributed by atoms with Crippen LogP contribution in [-0.2, 0) is 4.79 Å². The normalized spacial score (nSPS) is 28.0. The van der Waals surface area contributed by atoms with E-state index in [0.29, 0.717) is 22.7 Å². The number of anilines is 1. The molecule has 3 aliphatic rings.